The molecular formula is C19H23N3O4S. The van der Waals surface area contributed by atoms with Crippen molar-refractivity contribution in [3.63, 3.8) is 0 Å². The fourth-order valence-corrected chi connectivity index (χ4v) is 5.02. The molecule has 1 aromatic heterocycles. The van der Waals surface area contributed by atoms with E-state index in [9.17, 15) is 13.2 Å². The van der Waals surface area contributed by atoms with Crippen LogP contribution in [0.4, 0.5) is 11.4 Å². The van der Waals surface area contributed by atoms with E-state index in [1.807, 2.05) is 11.8 Å². The number of methoxy groups -OCH3 is 1. The monoisotopic (exact) mass is 389 g/mol. The van der Waals surface area contributed by atoms with E-state index < -0.39 is 9.84 Å². The van der Waals surface area contributed by atoms with Gasteiger partial charge < -0.3 is 15.0 Å². The zero-order valence-corrected chi connectivity index (χ0v) is 16.2. The van der Waals surface area contributed by atoms with Crippen molar-refractivity contribution in [1.29, 1.82) is 0 Å². The molecule has 0 saturated carbocycles. The number of hydrogen-bond donors (Lipinski definition) is 1. The lowest BCUT2D eigenvalue weighted by Gasteiger charge is -2.29. The molecule has 1 amide bonds. The second-order valence-electron chi connectivity index (χ2n) is 6.46. The van der Waals surface area contributed by atoms with Crippen molar-refractivity contribution in [2.75, 3.05) is 35.4 Å². The number of hydrogen-bond acceptors (Lipinski definition) is 6. The van der Waals surface area contributed by atoms with Crippen molar-refractivity contribution in [2.24, 2.45) is 0 Å². The lowest BCUT2D eigenvalue weighted by Crippen LogP contribution is -2.36. The molecule has 3 rings (SSSR count). The van der Waals surface area contributed by atoms with Gasteiger partial charge in [0.05, 0.1) is 36.1 Å². The van der Waals surface area contributed by atoms with Crippen molar-refractivity contribution in [3.05, 3.63) is 48.3 Å². The largest absolute Gasteiger partial charge is 0.497 e. The Morgan fingerprint density at radius 3 is 2.81 bits per heavy atom. The number of nitrogens with one attached hydrogen (secondary N) is 1. The zero-order chi connectivity index (χ0) is 19.4. The molecule has 1 N–H and O–H groups in total. The molecule has 0 bridgehead atoms. The van der Waals surface area contributed by atoms with E-state index in [0.29, 0.717) is 30.0 Å². The Hall–Kier alpha value is -2.61. The van der Waals surface area contributed by atoms with Crippen LogP contribution in [-0.2, 0) is 9.84 Å². The summed E-state index contributed by atoms with van der Waals surface area (Å²) in [6, 6.07) is 8.76. The highest BCUT2D eigenvalue weighted by Gasteiger charge is 2.32. The van der Waals surface area contributed by atoms with Crippen LogP contribution in [0, 0.1) is 0 Å². The van der Waals surface area contributed by atoms with Crippen molar-refractivity contribution in [1.82, 2.24) is 4.98 Å². The van der Waals surface area contributed by atoms with E-state index in [4.69, 9.17) is 4.74 Å². The molecule has 1 saturated heterocycles. The summed E-state index contributed by atoms with van der Waals surface area (Å²) in [6.45, 7) is 2.61. The van der Waals surface area contributed by atoms with Crippen molar-refractivity contribution < 1.29 is 17.9 Å². The highest BCUT2D eigenvalue weighted by Crippen LogP contribution is 2.25. The minimum absolute atomic E-state index is 0.0847. The average Bonchev–Trinajstić information content (AvgIpc) is 3.02. The molecule has 1 fully saturated rings. The molecule has 1 aliphatic heterocycles. The zero-order valence-electron chi connectivity index (χ0n) is 15.4. The number of pyridine rings is 1. The number of ether oxygens (including phenoxy) is 1. The SMILES string of the molecule is CCN(c1cncc(C(=O)Nc2cccc(OC)c2)c1)C1CCS(=O)(=O)C1. The van der Waals surface area contributed by atoms with Gasteiger partial charge in [0.15, 0.2) is 9.84 Å². The smallest absolute Gasteiger partial charge is 0.257 e. The summed E-state index contributed by atoms with van der Waals surface area (Å²) in [5, 5.41) is 2.83. The molecule has 0 spiro atoms. The number of nitrogens with zero attached hydrogens (tertiary/aromatic N) is 2. The molecule has 7 nitrogen and oxygen atoms in total. The molecular weight excluding hydrogens is 366 g/mol. The van der Waals surface area contributed by atoms with Crippen LogP contribution in [0.3, 0.4) is 0 Å². The van der Waals surface area contributed by atoms with E-state index in [1.54, 1.807) is 43.6 Å². The van der Waals surface area contributed by atoms with Crippen LogP contribution in [0.25, 0.3) is 0 Å². The predicted molar refractivity (Wildman–Crippen MR) is 105 cm³/mol. The molecule has 27 heavy (non-hydrogen) atoms. The highest BCUT2D eigenvalue weighted by molar-refractivity contribution is 7.91. The van der Waals surface area contributed by atoms with Crippen LogP contribution in [0.1, 0.15) is 23.7 Å². The second kappa shape index (κ2) is 7.96. The van der Waals surface area contributed by atoms with Crippen molar-refractivity contribution in [3.8, 4) is 5.75 Å². The van der Waals surface area contributed by atoms with Gasteiger partial charge in [0.25, 0.3) is 5.91 Å². The average molecular weight is 389 g/mol. The van der Waals surface area contributed by atoms with Gasteiger partial charge in [-0.15, -0.1) is 0 Å². The first kappa shape index (κ1) is 19.2. The van der Waals surface area contributed by atoms with Gasteiger partial charge in [-0.1, -0.05) is 6.07 Å². The fraction of sp³-hybridized carbons (Fsp3) is 0.368. The van der Waals surface area contributed by atoms with Gasteiger partial charge in [-0.3, -0.25) is 9.78 Å². The van der Waals surface area contributed by atoms with Crippen molar-refractivity contribution in [2.45, 2.75) is 19.4 Å². The Labute approximate surface area is 159 Å². The summed E-state index contributed by atoms with van der Waals surface area (Å²) >= 11 is 0. The lowest BCUT2D eigenvalue weighted by molar-refractivity contribution is 0.102. The molecule has 8 heteroatoms. The van der Waals surface area contributed by atoms with Gasteiger partial charge in [0.1, 0.15) is 5.75 Å². The third kappa shape index (κ3) is 4.57. The first-order valence-corrected chi connectivity index (χ1v) is 10.6. The first-order chi connectivity index (χ1) is 12.9. The molecule has 2 aromatic rings. The van der Waals surface area contributed by atoms with Crippen molar-refractivity contribution >= 4 is 27.1 Å². The predicted octanol–water partition coefficient (Wildman–Crippen LogP) is 2.36. The summed E-state index contributed by atoms with van der Waals surface area (Å²) < 4.78 is 28.8. The standard InChI is InChI=1S/C19H23N3O4S/c1-3-22(16-7-8-27(24,25)13-16)17-9-14(11-20-12-17)19(23)21-15-5-4-6-18(10-15)26-2/h4-6,9-12,16H,3,7-8,13H2,1-2H3,(H,21,23). The van der Waals surface area contributed by atoms with Crippen LogP contribution in [0.15, 0.2) is 42.7 Å². The molecule has 1 unspecified atom stereocenters. The van der Waals surface area contributed by atoms with Crippen LogP contribution < -0.4 is 15.0 Å². The first-order valence-electron chi connectivity index (χ1n) is 8.79. The van der Waals surface area contributed by atoms with Gasteiger partial charge in [0.2, 0.25) is 0 Å². The molecule has 2 heterocycles. The van der Waals surface area contributed by atoms with E-state index in [0.717, 1.165) is 5.69 Å². The van der Waals surface area contributed by atoms with Gasteiger partial charge in [-0.25, -0.2) is 8.42 Å². The number of anilines is 2. The molecule has 0 radical (unpaired) electrons. The summed E-state index contributed by atoms with van der Waals surface area (Å²) in [7, 11) is -1.42. The van der Waals surface area contributed by atoms with Gasteiger partial charge in [-0.2, -0.15) is 0 Å². The number of amides is 1. The van der Waals surface area contributed by atoms with Gasteiger partial charge >= 0.3 is 0 Å². The molecule has 1 atom stereocenters. The molecule has 0 aliphatic carbocycles. The number of aromatic nitrogens is 1. The molecule has 1 aliphatic rings. The Morgan fingerprint density at radius 2 is 2.15 bits per heavy atom. The van der Waals surface area contributed by atoms with Crippen LogP contribution >= 0.6 is 0 Å². The summed E-state index contributed by atoms with van der Waals surface area (Å²) in [6.07, 6.45) is 3.76. The Balaban J connectivity index is 1.78. The summed E-state index contributed by atoms with van der Waals surface area (Å²) in [5.74, 6) is 0.713. The van der Waals surface area contributed by atoms with Crippen LogP contribution in [-0.4, -0.2) is 50.5 Å². The maximum Gasteiger partial charge on any atom is 0.257 e. The molecule has 1 aromatic carbocycles. The number of rotatable bonds is 6. The number of carbonyl (C=O) groups excluding carboxylic acids is 1. The van der Waals surface area contributed by atoms with Gasteiger partial charge in [0, 0.05) is 30.5 Å². The minimum Gasteiger partial charge on any atom is -0.497 e. The minimum atomic E-state index is -2.99. The summed E-state index contributed by atoms with van der Waals surface area (Å²) in [4.78, 5) is 18.8. The third-order valence-corrected chi connectivity index (χ3v) is 6.39. The van der Waals surface area contributed by atoms with Gasteiger partial charge in [-0.05, 0) is 31.5 Å². The quantitative estimate of drug-likeness (QED) is 0.816. The van der Waals surface area contributed by atoms with E-state index in [1.165, 1.54) is 6.20 Å². The Morgan fingerprint density at radius 1 is 1.33 bits per heavy atom. The lowest BCUT2D eigenvalue weighted by atomic mass is 10.1. The molecule has 144 valence electrons. The normalized spacial score (nSPS) is 18.1. The number of sulfone groups is 1. The second-order valence-corrected chi connectivity index (χ2v) is 8.69. The summed E-state index contributed by atoms with van der Waals surface area (Å²) in [5.41, 5.74) is 1.78. The van der Waals surface area contributed by atoms with E-state index in [-0.39, 0.29) is 23.5 Å². The number of benzene rings is 1. The van der Waals surface area contributed by atoms with Crippen LogP contribution in [0.2, 0.25) is 0 Å². The van der Waals surface area contributed by atoms with Crippen LogP contribution in [0.5, 0.6) is 5.75 Å². The fourth-order valence-electron chi connectivity index (χ4n) is 3.29. The topological polar surface area (TPSA) is 88.6 Å². The maximum atomic E-state index is 12.6. The Bertz CT molecular complexity index is 930. The number of carbonyl (C=O) groups is 1. The third-order valence-electron chi connectivity index (χ3n) is 4.64. The Kier molecular flexibility index (Phi) is 5.65. The van der Waals surface area contributed by atoms with E-state index >= 15 is 0 Å². The maximum absolute atomic E-state index is 12.6. The highest BCUT2D eigenvalue weighted by atomic mass is 32.2. The van der Waals surface area contributed by atoms with E-state index in [2.05, 4.69) is 10.3 Å².